The number of carboxylic acids is 1. The van der Waals surface area contributed by atoms with E-state index in [9.17, 15) is 15.0 Å². The number of carboxylic acid groups (broad SMARTS) is 1. The molecule has 1 aliphatic rings. The summed E-state index contributed by atoms with van der Waals surface area (Å²) in [5.74, 6) is -1.20. The van der Waals surface area contributed by atoms with Gasteiger partial charge in [0.15, 0.2) is 0 Å². The maximum Gasteiger partial charge on any atom is 0.334 e. The highest BCUT2D eigenvalue weighted by Crippen LogP contribution is 2.28. The Bertz CT molecular complexity index is 305. The molecule has 0 amide bonds. The van der Waals surface area contributed by atoms with E-state index in [0.717, 1.165) is 0 Å². The Morgan fingerprint density at radius 3 is 2.46 bits per heavy atom. The molecule has 4 nitrogen and oxygen atoms in total. The van der Waals surface area contributed by atoms with Gasteiger partial charge in [-0.05, 0) is 41.2 Å². The molecule has 3 N–H and O–H groups in total. The van der Waals surface area contributed by atoms with Gasteiger partial charge in [0, 0.05) is 3.58 Å². The van der Waals surface area contributed by atoms with Gasteiger partial charge in [-0.1, -0.05) is 0 Å². The van der Waals surface area contributed by atoms with Gasteiger partial charge >= 0.3 is 5.97 Å². The van der Waals surface area contributed by atoms with Gasteiger partial charge in [-0.3, -0.25) is 0 Å². The first-order chi connectivity index (χ1) is 5.95. The van der Waals surface area contributed by atoms with Gasteiger partial charge in [-0.15, -0.1) is 0 Å². The van der Waals surface area contributed by atoms with Crippen molar-refractivity contribution in [1.82, 2.24) is 0 Å². The molecular weight excluding hydrogens is 287 g/mol. The summed E-state index contributed by atoms with van der Waals surface area (Å²) in [5, 5.41) is 27.4. The van der Waals surface area contributed by atoms with E-state index < -0.39 is 18.2 Å². The summed E-state index contributed by atoms with van der Waals surface area (Å²) in [6, 6.07) is 0. The Morgan fingerprint density at radius 2 is 2.00 bits per heavy atom. The van der Waals surface area contributed by atoms with Crippen molar-refractivity contribution in [1.29, 1.82) is 0 Å². The second-order valence-electron chi connectivity index (χ2n) is 2.83. The molecule has 0 saturated carbocycles. The maximum absolute atomic E-state index is 10.6. The third-order valence-corrected chi connectivity index (χ3v) is 3.13. The normalized spacial score (nSPS) is 28.8. The van der Waals surface area contributed by atoms with Crippen LogP contribution in [0.1, 0.15) is 6.92 Å². The number of aliphatic hydroxyl groups excluding tert-OH is 2. The quantitative estimate of drug-likeness (QED) is 0.614. The molecule has 0 aliphatic heterocycles. The van der Waals surface area contributed by atoms with Crippen LogP contribution in [0.4, 0.5) is 0 Å². The van der Waals surface area contributed by atoms with Crippen LogP contribution >= 0.6 is 22.6 Å². The molecule has 1 rings (SSSR count). The number of rotatable bonds is 1. The molecule has 0 aromatic heterocycles. The van der Waals surface area contributed by atoms with Crippen molar-refractivity contribution in [2.75, 3.05) is 0 Å². The average molecular weight is 296 g/mol. The van der Waals surface area contributed by atoms with Gasteiger partial charge in [0.05, 0.1) is 5.57 Å². The van der Waals surface area contributed by atoms with E-state index in [1.165, 1.54) is 6.08 Å². The number of carbonyl (C=O) groups is 1. The van der Waals surface area contributed by atoms with Crippen LogP contribution in [0.5, 0.6) is 0 Å². The van der Waals surface area contributed by atoms with Gasteiger partial charge in [-0.2, -0.15) is 0 Å². The largest absolute Gasteiger partial charge is 0.478 e. The number of allylic oxidation sites excluding steroid dienone is 2. The van der Waals surface area contributed by atoms with Crippen molar-refractivity contribution < 1.29 is 20.1 Å². The minimum absolute atomic E-state index is 0.164. The topological polar surface area (TPSA) is 77.8 Å². The fourth-order valence-electron chi connectivity index (χ4n) is 1.07. The lowest BCUT2D eigenvalue weighted by Crippen LogP contribution is -2.34. The van der Waals surface area contributed by atoms with E-state index in [1.807, 2.05) is 22.6 Å². The van der Waals surface area contributed by atoms with E-state index in [4.69, 9.17) is 5.11 Å². The number of aliphatic hydroxyl groups is 2. The molecule has 72 valence electrons. The Labute approximate surface area is 88.7 Å². The summed E-state index contributed by atoms with van der Waals surface area (Å²) < 4.78 is 0.660. The van der Waals surface area contributed by atoms with Crippen molar-refractivity contribution in [2.45, 2.75) is 19.1 Å². The van der Waals surface area contributed by atoms with E-state index in [1.54, 1.807) is 6.92 Å². The molecule has 0 aromatic carbocycles. The Balaban J connectivity index is 3.12. The number of hydrogen-bond donors (Lipinski definition) is 3. The van der Waals surface area contributed by atoms with Crippen LogP contribution in [0.3, 0.4) is 0 Å². The second-order valence-corrected chi connectivity index (χ2v) is 3.99. The monoisotopic (exact) mass is 296 g/mol. The lowest BCUT2D eigenvalue weighted by molar-refractivity contribution is -0.134. The van der Waals surface area contributed by atoms with E-state index in [2.05, 4.69) is 0 Å². The number of aliphatic carboxylic acids is 1. The summed E-state index contributed by atoms with van der Waals surface area (Å²) in [5.41, 5.74) is 0.431. The van der Waals surface area contributed by atoms with Crippen molar-refractivity contribution in [2.24, 2.45) is 0 Å². The minimum Gasteiger partial charge on any atom is -0.478 e. The van der Waals surface area contributed by atoms with Crippen molar-refractivity contribution in [3.63, 3.8) is 0 Å². The van der Waals surface area contributed by atoms with Crippen LogP contribution in [0, 0.1) is 0 Å². The van der Waals surface area contributed by atoms with Gasteiger partial charge in [0.2, 0.25) is 0 Å². The maximum atomic E-state index is 10.6. The van der Waals surface area contributed by atoms with Gasteiger partial charge in [0.25, 0.3) is 0 Å². The zero-order valence-corrected chi connectivity index (χ0v) is 9.02. The fourth-order valence-corrected chi connectivity index (χ4v) is 1.73. The van der Waals surface area contributed by atoms with Gasteiger partial charge in [-0.25, -0.2) is 4.79 Å². The van der Waals surface area contributed by atoms with Crippen LogP contribution in [-0.4, -0.2) is 33.5 Å². The van der Waals surface area contributed by atoms with Crippen molar-refractivity contribution >= 4 is 28.6 Å². The fraction of sp³-hybridized carbons (Fsp3) is 0.375. The third kappa shape index (κ3) is 1.92. The average Bonchev–Trinajstić information content (AvgIpc) is 2.07. The zero-order chi connectivity index (χ0) is 10.2. The molecule has 2 atom stereocenters. The summed E-state index contributed by atoms with van der Waals surface area (Å²) in [4.78, 5) is 10.6. The first-order valence-corrected chi connectivity index (χ1v) is 4.70. The van der Waals surface area contributed by atoms with E-state index >= 15 is 0 Å². The molecule has 2 unspecified atom stereocenters. The van der Waals surface area contributed by atoms with Crippen LogP contribution in [0.15, 0.2) is 20.8 Å². The Morgan fingerprint density at radius 1 is 1.46 bits per heavy atom. The summed E-state index contributed by atoms with van der Waals surface area (Å²) in [6.07, 6.45) is -1.06. The van der Waals surface area contributed by atoms with Crippen molar-refractivity contribution in [3.8, 4) is 0 Å². The first kappa shape index (κ1) is 10.7. The van der Waals surface area contributed by atoms with Crippen LogP contribution < -0.4 is 0 Å². The molecule has 0 saturated heterocycles. The van der Waals surface area contributed by atoms with Gasteiger partial charge < -0.3 is 15.3 Å². The highest BCUT2D eigenvalue weighted by molar-refractivity contribution is 14.1. The summed E-state index contributed by atoms with van der Waals surface area (Å²) >= 11 is 1.93. The molecule has 0 aromatic rings. The third-order valence-electron chi connectivity index (χ3n) is 1.97. The Kier molecular flexibility index (Phi) is 3.09. The molecule has 5 heteroatoms. The standard InChI is InChI=1S/C8H9IO4/c1-3-5(9)2-4(8(12)13)7(11)6(3)10/h2,6-7,10-11H,1H3,(H,12,13). The molecule has 13 heavy (non-hydrogen) atoms. The van der Waals surface area contributed by atoms with Crippen molar-refractivity contribution in [3.05, 3.63) is 20.8 Å². The predicted molar refractivity (Wildman–Crippen MR) is 54.5 cm³/mol. The molecule has 0 radical (unpaired) electrons. The predicted octanol–water partition coefficient (Wildman–Crippen LogP) is 0.442. The SMILES string of the molecule is CC1=C(I)C=C(C(=O)O)C(O)C1O. The minimum atomic E-state index is -1.32. The first-order valence-electron chi connectivity index (χ1n) is 3.62. The molecule has 0 spiro atoms. The van der Waals surface area contributed by atoms with Gasteiger partial charge in [0.1, 0.15) is 12.2 Å². The second kappa shape index (κ2) is 3.77. The number of halogens is 1. The number of hydrogen-bond acceptors (Lipinski definition) is 3. The smallest absolute Gasteiger partial charge is 0.334 e. The molecule has 0 fully saturated rings. The molecule has 1 aliphatic carbocycles. The zero-order valence-electron chi connectivity index (χ0n) is 6.86. The van der Waals surface area contributed by atoms with Crippen LogP contribution in [-0.2, 0) is 4.79 Å². The molecular formula is C8H9IO4. The van der Waals surface area contributed by atoms with E-state index in [0.29, 0.717) is 9.15 Å². The lowest BCUT2D eigenvalue weighted by atomic mass is 9.94. The summed E-state index contributed by atoms with van der Waals surface area (Å²) in [6.45, 7) is 1.66. The van der Waals surface area contributed by atoms with Crippen LogP contribution in [0.2, 0.25) is 0 Å². The summed E-state index contributed by atoms with van der Waals surface area (Å²) in [7, 11) is 0. The Hall–Kier alpha value is -0.400. The van der Waals surface area contributed by atoms with E-state index in [-0.39, 0.29) is 5.57 Å². The molecule has 0 heterocycles. The lowest BCUT2D eigenvalue weighted by Gasteiger charge is -2.24. The van der Waals surface area contributed by atoms with Crippen LogP contribution in [0.25, 0.3) is 0 Å². The highest BCUT2D eigenvalue weighted by atomic mass is 127. The molecule has 0 bridgehead atoms. The highest BCUT2D eigenvalue weighted by Gasteiger charge is 2.31.